The highest BCUT2D eigenvalue weighted by atomic mass is 15.0. The predicted octanol–water partition coefficient (Wildman–Crippen LogP) is 4.17. The highest BCUT2D eigenvalue weighted by Crippen LogP contribution is 2.27. The van der Waals surface area contributed by atoms with Gasteiger partial charge in [0, 0.05) is 11.8 Å². The third kappa shape index (κ3) is 2.30. The van der Waals surface area contributed by atoms with Gasteiger partial charge in [-0.2, -0.15) is 5.26 Å². The van der Waals surface area contributed by atoms with Crippen molar-refractivity contribution in [2.24, 2.45) is 0 Å². The fourth-order valence-electron chi connectivity index (χ4n) is 2.45. The maximum Gasteiger partial charge on any atom is 0.137 e. The molecule has 0 spiro atoms. The molecule has 0 saturated carbocycles. The van der Waals surface area contributed by atoms with Crippen molar-refractivity contribution in [2.45, 2.75) is 26.2 Å². The Balaban J connectivity index is 2.20. The van der Waals surface area contributed by atoms with Crippen LogP contribution in [0, 0.1) is 11.3 Å². The van der Waals surface area contributed by atoms with Gasteiger partial charge in [0.15, 0.2) is 0 Å². The van der Waals surface area contributed by atoms with Crippen molar-refractivity contribution < 1.29 is 0 Å². The van der Waals surface area contributed by atoms with Crippen LogP contribution in [0.15, 0.2) is 48.8 Å². The standard InChI is InChI=1S/C18H17N3/c1-18(2,3)14-8-9-21-16(12-20-17(21)10-14)15-7-5-4-6-13(15)11-19/h4-10,12H,1-3H3. The van der Waals surface area contributed by atoms with Crippen molar-refractivity contribution in [3.05, 3.63) is 59.9 Å². The van der Waals surface area contributed by atoms with Gasteiger partial charge in [0.25, 0.3) is 0 Å². The molecule has 0 radical (unpaired) electrons. The van der Waals surface area contributed by atoms with Crippen LogP contribution in [0.3, 0.4) is 0 Å². The Bertz CT molecular complexity index is 845. The van der Waals surface area contributed by atoms with E-state index in [1.807, 2.05) is 41.1 Å². The number of hydrogen-bond acceptors (Lipinski definition) is 2. The van der Waals surface area contributed by atoms with E-state index in [0.717, 1.165) is 16.9 Å². The average molecular weight is 275 g/mol. The second-order valence-electron chi connectivity index (χ2n) is 6.19. The summed E-state index contributed by atoms with van der Waals surface area (Å²) in [6.07, 6.45) is 3.87. The molecule has 3 nitrogen and oxygen atoms in total. The number of aromatic nitrogens is 2. The number of nitrogens with zero attached hydrogens (tertiary/aromatic N) is 3. The van der Waals surface area contributed by atoms with E-state index in [4.69, 9.17) is 0 Å². The molecule has 3 heteroatoms. The first-order valence-corrected chi connectivity index (χ1v) is 6.98. The summed E-state index contributed by atoms with van der Waals surface area (Å²) in [5.41, 5.74) is 4.78. The van der Waals surface area contributed by atoms with E-state index >= 15 is 0 Å². The van der Waals surface area contributed by atoms with E-state index < -0.39 is 0 Å². The first-order chi connectivity index (χ1) is 10.0. The summed E-state index contributed by atoms with van der Waals surface area (Å²) in [5.74, 6) is 0. The van der Waals surface area contributed by atoms with Crippen molar-refractivity contribution >= 4 is 5.65 Å². The molecule has 0 N–H and O–H groups in total. The topological polar surface area (TPSA) is 41.1 Å². The van der Waals surface area contributed by atoms with Crippen LogP contribution in [0.1, 0.15) is 31.9 Å². The maximum atomic E-state index is 9.26. The monoisotopic (exact) mass is 275 g/mol. The maximum absolute atomic E-state index is 9.26. The summed E-state index contributed by atoms with van der Waals surface area (Å²) in [7, 11) is 0. The summed E-state index contributed by atoms with van der Waals surface area (Å²) in [5, 5.41) is 9.26. The fraction of sp³-hybridized carbons (Fsp3) is 0.222. The van der Waals surface area contributed by atoms with E-state index in [1.54, 1.807) is 0 Å². The van der Waals surface area contributed by atoms with Gasteiger partial charge in [0.1, 0.15) is 5.65 Å². The molecule has 0 aliphatic heterocycles. The number of imidazole rings is 1. The molecule has 0 saturated heterocycles. The molecule has 0 aliphatic rings. The van der Waals surface area contributed by atoms with Gasteiger partial charge >= 0.3 is 0 Å². The van der Waals surface area contributed by atoms with Crippen LogP contribution in [0.4, 0.5) is 0 Å². The molecule has 0 aliphatic carbocycles. The van der Waals surface area contributed by atoms with Crippen LogP contribution in [-0.4, -0.2) is 9.38 Å². The molecule has 0 unspecified atom stereocenters. The van der Waals surface area contributed by atoms with Crippen LogP contribution >= 0.6 is 0 Å². The summed E-state index contributed by atoms with van der Waals surface area (Å²) in [6, 6.07) is 14.1. The normalized spacial score (nSPS) is 11.5. The lowest BCUT2D eigenvalue weighted by atomic mass is 9.88. The van der Waals surface area contributed by atoms with Gasteiger partial charge in [-0.05, 0) is 29.2 Å². The molecule has 3 aromatic rings. The third-order valence-electron chi connectivity index (χ3n) is 3.70. The van der Waals surface area contributed by atoms with Crippen LogP contribution in [0.2, 0.25) is 0 Å². The third-order valence-corrected chi connectivity index (χ3v) is 3.70. The fourth-order valence-corrected chi connectivity index (χ4v) is 2.45. The second-order valence-corrected chi connectivity index (χ2v) is 6.19. The Hall–Kier alpha value is -2.60. The zero-order valence-electron chi connectivity index (χ0n) is 12.5. The SMILES string of the molecule is CC(C)(C)c1ccn2c(-c3ccccc3C#N)cnc2c1. The Labute approximate surface area is 124 Å². The van der Waals surface area contributed by atoms with Crippen LogP contribution in [-0.2, 0) is 5.41 Å². The first-order valence-electron chi connectivity index (χ1n) is 6.98. The minimum atomic E-state index is 0.0957. The van der Waals surface area contributed by atoms with Gasteiger partial charge in [0.05, 0.1) is 23.5 Å². The highest BCUT2D eigenvalue weighted by Gasteiger charge is 2.16. The second kappa shape index (κ2) is 4.75. The summed E-state index contributed by atoms with van der Waals surface area (Å²) >= 11 is 0. The van der Waals surface area contributed by atoms with Crippen molar-refractivity contribution in [1.82, 2.24) is 9.38 Å². The van der Waals surface area contributed by atoms with E-state index in [0.29, 0.717) is 5.56 Å². The summed E-state index contributed by atoms with van der Waals surface area (Å²) < 4.78 is 2.03. The molecule has 104 valence electrons. The molecule has 0 amide bonds. The van der Waals surface area contributed by atoms with E-state index in [1.165, 1.54) is 5.56 Å². The van der Waals surface area contributed by atoms with Gasteiger partial charge in [0.2, 0.25) is 0 Å². The first kappa shape index (κ1) is 13.4. The number of rotatable bonds is 1. The highest BCUT2D eigenvalue weighted by molar-refractivity contribution is 5.70. The number of fused-ring (bicyclic) bond motifs is 1. The van der Waals surface area contributed by atoms with Crippen LogP contribution in [0.25, 0.3) is 16.9 Å². The minimum absolute atomic E-state index is 0.0957. The number of benzene rings is 1. The number of nitriles is 1. The van der Waals surface area contributed by atoms with Crippen molar-refractivity contribution in [3.63, 3.8) is 0 Å². The van der Waals surface area contributed by atoms with Gasteiger partial charge in [-0.15, -0.1) is 0 Å². The predicted molar refractivity (Wildman–Crippen MR) is 84.0 cm³/mol. The van der Waals surface area contributed by atoms with E-state index in [9.17, 15) is 5.26 Å². The Morgan fingerprint density at radius 1 is 1.14 bits per heavy atom. The molecular formula is C18H17N3. The van der Waals surface area contributed by atoms with Crippen LogP contribution in [0.5, 0.6) is 0 Å². The Morgan fingerprint density at radius 2 is 1.90 bits per heavy atom. The smallest absolute Gasteiger partial charge is 0.137 e. The molecule has 0 bridgehead atoms. The molecule has 1 aromatic carbocycles. The molecule has 2 aromatic heterocycles. The van der Waals surface area contributed by atoms with Gasteiger partial charge in [-0.25, -0.2) is 4.98 Å². The van der Waals surface area contributed by atoms with Crippen molar-refractivity contribution in [1.29, 1.82) is 5.26 Å². The Morgan fingerprint density at radius 3 is 2.62 bits per heavy atom. The van der Waals surface area contributed by atoms with Crippen molar-refractivity contribution in [2.75, 3.05) is 0 Å². The number of hydrogen-bond donors (Lipinski definition) is 0. The lowest BCUT2D eigenvalue weighted by Gasteiger charge is -2.19. The summed E-state index contributed by atoms with van der Waals surface area (Å²) in [6.45, 7) is 6.56. The van der Waals surface area contributed by atoms with Gasteiger partial charge in [-0.1, -0.05) is 39.0 Å². The van der Waals surface area contributed by atoms with E-state index in [-0.39, 0.29) is 5.41 Å². The quantitative estimate of drug-likeness (QED) is 0.668. The lowest BCUT2D eigenvalue weighted by Crippen LogP contribution is -2.11. The summed E-state index contributed by atoms with van der Waals surface area (Å²) in [4.78, 5) is 4.50. The molecule has 21 heavy (non-hydrogen) atoms. The molecule has 3 rings (SSSR count). The van der Waals surface area contributed by atoms with Gasteiger partial charge in [-0.3, -0.25) is 4.40 Å². The zero-order chi connectivity index (χ0) is 15.0. The lowest BCUT2D eigenvalue weighted by molar-refractivity contribution is 0.589. The van der Waals surface area contributed by atoms with Crippen LogP contribution < -0.4 is 0 Å². The largest absolute Gasteiger partial charge is 0.300 e. The molecule has 0 atom stereocenters. The number of pyridine rings is 1. The molecule has 2 heterocycles. The molecule has 0 fully saturated rings. The molecular weight excluding hydrogens is 258 g/mol. The zero-order valence-corrected chi connectivity index (χ0v) is 12.5. The minimum Gasteiger partial charge on any atom is -0.300 e. The van der Waals surface area contributed by atoms with E-state index in [2.05, 4.69) is 44.0 Å². The van der Waals surface area contributed by atoms with Gasteiger partial charge < -0.3 is 0 Å². The van der Waals surface area contributed by atoms with Crippen molar-refractivity contribution in [3.8, 4) is 17.3 Å². The Kier molecular flexibility index (Phi) is 3.03. The average Bonchev–Trinajstić information content (AvgIpc) is 2.89.